The Hall–Kier alpha value is -2.84. The third kappa shape index (κ3) is 6.61. The summed E-state index contributed by atoms with van der Waals surface area (Å²) in [6.45, 7) is 5.66. The molecule has 0 aliphatic heterocycles. The zero-order valence-corrected chi connectivity index (χ0v) is 21.2. The first kappa shape index (κ1) is 25.8. The van der Waals surface area contributed by atoms with Crippen molar-refractivity contribution in [1.82, 2.24) is 5.32 Å². The topological polar surface area (TPSA) is 66.5 Å². The van der Waals surface area contributed by atoms with Crippen molar-refractivity contribution in [3.8, 4) is 0 Å². The minimum atomic E-state index is -3.95. The zero-order chi connectivity index (χ0) is 24.7. The van der Waals surface area contributed by atoms with Gasteiger partial charge in [0.1, 0.15) is 12.4 Å². The van der Waals surface area contributed by atoms with Crippen LogP contribution >= 0.6 is 11.8 Å². The summed E-state index contributed by atoms with van der Waals surface area (Å²) in [5.41, 5.74) is 3.80. The van der Waals surface area contributed by atoms with E-state index in [1.807, 2.05) is 32.9 Å². The molecular formula is C26H29FN2O3S2. The predicted octanol–water partition coefficient (Wildman–Crippen LogP) is 5.00. The molecule has 8 heteroatoms. The van der Waals surface area contributed by atoms with E-state index in [-0.39, 0.29) is 17.3 Å². The van der Waals surface area contributed by atoms with Crippen LogP contribution in [0.15, 0.2) is 71.6 Å². The van der Waals surface area contributed by atoms with Gasteiger partial charge in [-0.05, 0) is 56.2 Å². The highest BCUT2D eigenvalue weighted by Crippen LogP contribution is 2.27. The summed E-state index contributed by atoms with van der Waals surface area (Å²) >= 11 is 1.50. The number of halogens is 1. The van der Waals surface area contributed by atoms with Gasteiger partial charge in [-0.25, -0.2) is 12.8 Å². The van der Waals surface area contributed by atoms with E-state index in [2.05, 4.69) is 5.32 Å². The van der Waals surface area contributed by atoms with E-state index >= 15 is 0 Å². The molecule has 0 aromatic heterocycles. The quantitative estimate of drug-likeness (QED) is 0.398. The van der Waals surface area contributed by atoms with Gasteiger partial charge in [0.05, 0.1) is 10.6 Å². The average Bonchev–Trinajstić information content (AvgIpc) is 2.79. The Morgan fingerprint density at radius 3 is 2.32 bits per heavy atom. The second-order valence-corrected chi connectivity index (χ2v) is 11.1. The summed E-state index contributed by atoms with van der Waals surface area (Å²) in [6, 6.07) is 18.6. The normalized spacial score (nSPS) is 11.3. The SMILES string of the molecule is Cc1ccc(S(=O)(=O)N(CC(=O)NCCSCc2ccccc2F)c2ccc(C)cc2C)cc1. The molecule has 0 saturated heterocycles. The minimum absolute atomic E-state index is 0.131. The number of hydrogen-bond donors (Lipinski definition) is 1. The molecule has 1 amide bonds. The third-order valence-corrected chi connectivity index (χ3v) is 8.08. The highest BCUT2D eigenvalue weighted by molar-refractivity contribution is 7.98. The first-order valence-corrected chi connectivity index (χ1v) is 13.5. The van der Waals surface area contributed by atoms with Gasteiger partial charge in [-0.2, -0.15) is 11.8 Å². The van der Waals surface area contributed by atoms with E-state index in [4.69, 9.17) is 0 Å². The Kier molecular flexibility index (Phi) is 8.74. The van der Waals surface area contributed by atoms with Gasteiger partial charge in [-0.15, -0.1) is 0 Å². The summed E-state index contributed by atoms with van der Waals surface area (Å²) in [7, 11) is -3.95. The Balaban J connectivity index is 1.69. The van der Waals surface area contributed by atoms with Crippen molar-refractivity contribution in [3.05, 3.63) is 94.8 Å². The van der Waals surface area contributed by atoms with Crippen LogP contribution in [0.4, 0.5) is 10.1 Å². The number of benzene rings is 3. The Morgan fingerprint density at radius 1 is 0.971 bits per heavy atom. The van der Waals surface area contributed by atoms with Crippen LogP contribution in [0.25, 0.3) is 0 Å². The first-order valence-electron chi connectivity index (χ1n) is 10.9. The molecule has 1 N–H and O–H groups in total. The predicted molar refractivity (Wildman–Crippen MR) is 137 cm³/mol. The molecule has 0 spiro atoms. The van der Waals surface area contributed by atoms with E-state index < -0.39 is 15.9 Å². The number of aryl methyl sites for hydroxylation is 3. The molecule has 0 aliphatic carbocycles. The van der Waals surface area contributed by atoms with Crippen LogP contribution < -0.4 is 9.62 Å². The molecule has 5 nitrogen and oxygen atoms in total. The van der Waals surface area contributed by atoms with Crippen LogP contribution in [-0.2, 0) is 20.6 Å². The number of carbonyl (C=O) groups is 1. The van der Waals surface area contributed by atoms with Gasteiger partial charge in [0, 0.05) is 18.1 Å². The molecule has 0 unspecified atom stereocenters. The lowest BCUT2D eigenvalue weighted by Crippen LogP contribution is -2.41. The fourth-order valence-electron chi connectivity index (χ4n) is 3.47. The van der Waals surface area contributed by atoms with Crippen LogP contribution in [0.1, 0.15) is 22.3 Å². The Morgan fingerprint density at radius 2 is 1.65 bits per heavy atom. The van der Waals surface area contributed by atoms with E-state index in [1.54, 1.807) is 48.5 Å². The molecule has 34 heavy (non-hydrogen) atoms. The summed E-state index contributed by atoms with van der Waals surface area (Å²) < 4.78 is 41.9. The van der Waals surface area contributed by atoms with Crippen molar-refractivity contribution in [2.24, 2.45) is 0 Å². The van der Waals surface area contributed by atoms with Crippen molar-refractivity contribution in [2.45, 2.75) is 31.4 Å². The smallest absolute Gasteiger partial charge is 0.264 e. The number of anilines is 1. The van der Waals surface area contributed by atoms with E-state index in [9.17, 15) is 17.6 Å². The lowest BCUT2D eigenvalue weighted by molar-refractivity contribution is -0.119. The molecule has 0 radical (unpaired) electrons. The van der Waals surface area contributed by atoms with Crippen molar-refractivity contribution in [3.63, 3.8) is 0 Å². The third-order valence-electron chi connectivity index (χ3n) is 5.30. The zero-order valence-electron chi connectivity index (χ0n) is 19.5. The molecule has 180 valence electrons. The number of nitrogens with one attached hydrogen (secondary N) is 1. The van der Waals surface area contributed by atoms with Gasteiger partial charge in [-0.1, -0.05) is 53.6 Å². The number of carbonyl (C=O) groups excluding carboxylic acids is 1. The number of rotatable bonds is 10. The monoisotopic (exact) mass is 500 g/mol. The molecule has 0 aliphatic rings. The maximum Gasteiger partial charge on any atom is 0.264 e. The summed E-state index contributed by atoms with van der Waals surface area (Å²) in [4.78, 5) is 12.9. The van der Waals surface area contributed by atoms with Crippen LogP contribution in [-0.4, -0.2) is 33.2 Å². The van der Waals surface area contributed by atoms with Crippen LogP contribution in [0, 0.1) is 26.6 Å². The van der Waals surface area contributed by atoms with Crippen molar-refractivity contribution in [1.29, 1.82) is 0 Å². The van der Waals surface area contributed by atoms with Crippen molar-refractivity contribution in [2.75, 3.05) is 23.1 Å². The van der Waals surface area contributed by atoms with Crippen LogP contribution in [0.5, 0.6) is 0 Å². The van der Waals surface area contributed by atoms with Gasteiger partial charge < -0.3 is 5.32 Å². The van der Waals surface area contributed by atoms with Gasteiger partial charge in [-0.3, -0.25) is 9.10 Å². The second-order valence-electron chi connectivity index (χ2n) is 8.11. The van der Waals surface area contributed by atoms with Crippen molar-refractivity contribution >= 4 is 33.4 Å². The van der Waals surface area contributed by atoms with E-state index in [1.165, 1.54) is 17.8 Å². The molecular weight excluding hydrogens is 471 g/mol. The molecule has 3 aromatic rings. The molecule has 0 atom stereocenters. The molecule has 3 rings (SSSR count). The standard InChI is InChI=1S/C26H29FN2O3S2/c1-19-8-11-23(12-9-19)34(31,32)29(25-13-10-20(2)16-21(25)3)17-26(30)28-14-15-33-18-22-6-4-5-7-24(22)27/h4-13,16H,14-15,17-18H2,1-3H3,(H,28,30). The second kappa shape index (κ2) is 11.5. The number of thioether (sulfide) groups is 1. The fraction of sp³-hybridized carbons (Fsp3) is 0.269. The molecule has 0 saturated carbocycles. The number of sulfonamides is 1. The maximum atomic E-state index is 13.7. The number of amides is 1. The van der Waals surface area contributed by atoms with Crippen LogP contribution in [0.3, 0.4) is 0 Å². The first-order chi connectivity index (χ1) is 16.2. The van der Waals surface area contributed by atoms with Gasteiger partial charge in [0.25, 0.3) is 10.0 Å². The lowest BCUT2D eigenvalue weighted by atomic mass is 10.1. The Labute approximate surface area is 205 Å². The fourth-order valence-corrected chi connectivity index (χ4v) is 5.80. The highest BCUT2D eigenvalue weighted by atomic mass is 32.2. The largest absolute Gasteiger partial charge is 0.354 e. The average molecular weight is 501 g/mol. The molecule has 3 aromatic carbocycles. The number of hydrogen-bond acceptors (Lipinski definition) is 4. The minimum Gasteiger partial charge on any atom is -0.354 e. The van der Waals surface area contributed by atoms with Crippen LogP contribution in [0.2, 0.25) is 0 Å². The molecule has 0 heterocycles. The van der Waals surface area contributed by atoms with Gasteiger partial charge in [0.2, 0.25) is 5.91 Å². The summed E-state index contributed by atoms with van der Waals surface area (Å²) in [5.74, 6) is 0.430. The summed E-state index contributed by atoms with van der Waals surface area (Å²) in [6.07, 6.45) is 0. The Bertz CT molecular complexity index is 1250. The van der Waals surface area contributed by atoms with E-state index in [0.29, 0.717) is 29.3 Å². The van der Waals surface area contributed by atoms with E-state index in [0.717, 1.165) is 21.0 Å². The molecule has 0 fully saturated rings. The summed E-state index contributed by atoms with van der Waals surface area (Å²) in [5, 5.41) is 2.79. The van der Waals surface area contributed by atoms with Gasteiger partial charge in [0.15, 0.2) is 0 Å². The highest BCUT2D eigenvalue weighted by Gasteiger charge is 2.28. The maximum absolute atomic E-state index is 13.7. The van der Waals surface area contributed by atoms with Crippen molar-refractivity contribution < 1.29 is 17.6 Å². The lowest BCUT2D eigenvalue weighted by Gasteiger charge is -2.26. The van der Waals surface area contributed by atoms with Gasteiger partial charge >= 0.3 is 0 Å². The number of nitrogens with zero attached hydrogens (tertiary/aromatic N) is 1. The molecule has 0 bridgehead atoms.